The lowest BCUT2D eigenvalue weighted by molar-refractivity contribution is -0.155. The molecule has 1 aromatic carbocycles. The summed E-state index contributed by atoms with van der Waals surface area (Å²) in [5.74, 6) is -2.04. The van der Waals surface area contributed by atoms with E-state index in [1.54, 1.807) is 0 Å². The van der Waals surface area contributed by atoms with E-state index in [2.05, 4.69) is 4.98 Å². The number of Topliss-reactive ketones (excluding diaryl/α,β-unsaturated/α-hetero) is 1. The van der Waals surface area contributed by atoms with Crippen molar-refractivity contribution in [1.82, 2.24) is 9.88 Å². The number of para-hydroxylation sites is 1. The minimum absolute atomic E-state index is 0.0332. The third kappa shape index (κ3) is 2.81. The highest BCUT2D eigenvalue weighted by atomic mass is 16.5. The number of carboxylic acid groups (broad SMARTS) is 1. The zero-order valence-corrected chi connectivity index (χ0v) is 16.0. The molecule has 0 saturated carbocycles. The van der Waals surface area contributed by atoms with E-state index < -0.39 is 23.9 Å². The van der Waals surface area contributed by atoms with Gasteiger partial charge in [0.1, 0.15) is 6.04 Å². The molecule has 2 aliphatic rings. The van der Waals surface area contributed by atoms with Crippen LogP contribution in [0.15, 0.2) is 24.3 Å². The van der Waals surface area contributed by atoms with Crippen LogP contribution in [0.4, 0.5) is 0 Å². The number of aliphatic carboxylic acids is 1. The summed E-state index contributed by atoms with van der Waals surface area (Å²) in [6, 6.07) is 6.87. The number of benzene rings is 1. The van der Waals surface area contributed by atoms with Crippen LogP contribution in [0.3, 0.4) is 0 Å². The summed E-state index contributed by atoms with van der Waals surface area (Å²) < 4.78 is 4.80. The number of carbonyl (C=O) groups is 3. The van der Waals surface area contributed by atoms with Gasteiger partial charge in [0.15, 0.2) is 5.78 Å². The average molecular weight is 384 g/mol. The van der Waals surface area contributed by atoms with E-state index in [4.69, 9.17) is 4.74 Å². The molecule has 0 spiro atoms. The van der Waals surface area contributed by atoms with E-state index >= 15 is 0 Å². The second kappa shape index (κ2) is 7.05. The van der Waals surface area contributed by atoms with E-state index in [1.165, 1.54) is 7.11 Å². The molecule has 0 bridgehead atoms. The quantitative estimate of drug-likeness (QED) is 0.785. The number of aromatic amines is 1. The third-order valence-electron chi connectivity index (χ3n) is 6.34. The van der Waals surface area contributed by atoms with E-state index in [0.29, 0.717) is 12.8 Å². The first kappa shape index (κ1) is 18.7. The monoisotopic (exact) mass is 384 g/mol. The van der Waals surface area contributed by atoms with Gasteiger partial charge in [-0.05, 0) is 17.5 Å². The van der Waals surface area contributed by atoms with Crippen LogP contribution in [0.5, 0.6) is 0 Å². The lowest BCUT2D eigenvalue weighted by Crippen LogP contribution is -2.58. The Morgan fingerprint density at radius 3 is 2.75 bits per heavy atom. The van der Waals surface area contributed by atoms with Crippen LogP contribution < -0.4 is 0 Å². The van der Waals surface area contributed by atoms with Gasteiger partial charge in [0.05, 0.1) is 26.1 Å². The topological polar surface area (TPSA) is 99.7 Å². The molecule has 7 nitrogen and oxygen atoms in total. The number of fused-ring (bicyclic) bond motifs is 5. The predicted molar refractivity (Wildman–Crippen MR) is 102 cm³/mol. The fourth-order valence-electron chi connectivity index (χ4n) is 5.05. The summed E-state index contributed by atoms with van der Waals surface area (Å²) in [5, 5.41) is 10.9. The first-order valence-corrected chi connectivity index (χ1v) is 9.63. The number of piperidine rings is 1. The number of ketones is 1. The number of carboxylic acids is 1. The maximum atomic E-state index is 12.9. The van der Waals surface area contributed by atoms with Crippen molar-refractivity contribution < 1.29 is 24.2 Å². The highest BCUT2D eigenvalue weighted by molar-refractivity contribution is 5.91. The smallest absolute Gasteiger partial charge is 0.321 e. The maximum absolute atomic E-state index is 12.9. The van der Waals surface area contributed by atoms with Gasteiger partial charge in [-0.1, -0.05) is 31.5 Å². The standard InChI is InChI=1S/C21H24N2O5/c1-3-11-13(9-18(25)28-2)17(24)10-23-16(21(26)27)8-14-12-6-4-5-7-15(12)22-19(14)20(11)23/h4-7,11,13,16,20,22H,3,8-10H2,1-2H3,(H,26,27)/t11-,13-,16+,20-/m1/s1. The molecule has 1 fully saturated rings. The van der Waals surface area contributed by atoms with Gasteiger partial charge in [0.2, 0.25) is 0 Å². The zero-order chi connectivity index (χ0) is 20.0. The number of esters is 1. The first-order valence-electron chi connectivity index (χ1n) is 9.63. The Morgan fingerprint density at radius 1 is 1.32 bits per heavy atom. The highest BCUT2D eigenvalue weighted by Crippen LogP contribution is 2.47. The van der Waals surface area contributed by atoms with Crippen LogP contribution in [0.25, 0.3) is 10.9 Å². The second-order valence-electron chi connectivity index (χ2n) is 7.66. The van der Waals surface area contributed by atoms with E-state index in [1.807, 2.05) is 36.1 Å². The van der Waals surface area contributed by atoms with Gasteiger partial charge >= 0.3 is 11.9 Å². The molecule has 0 radical (unpaired) electrons. The number of hydrogen-bond donors (Lipinski definition) is 2. The molecule has 28 heavy (non-hydrogen) atoms. The predicted octanol–water partition coefficient (Wildman–Crippen LogP) is 2.31. The lowest BCUT2D eigenvalue weighted by atomic mass is 9.71. The molecule has 2 aliphatic heterocycles. The molecule has 4 atom stereocenters. The largest absolute Gasteiger partial charge is 0.480 e. The number of hydrogen-bond acceptors (Lipinski definition) is 5. The molecule has 148 valence electrons. The Labute approximate surface area is 162 Å². The molecule has 7 heteroatoms. The minimum atomic E-state index is -0.921. The number of methoxy groups -OCH3 is 1. The van der Waals surface area contributed by atoms with Crippen molar-refractivity contribution in [1.29, 1.82) is 0 Å². The molecular weight excluding hydrogens is 360 g/mol. The molecule has 1 saturated heterocycles. The summed E-state index contributed by atoms with van der Waals surface area (Å²) in [6.45, 7) is 2.02. The van der Waals surface area contributed by atoms with Gasteiger partial charge < -0.3 is 14.8 Å². The van der Waals surface area contributed by atoms with Gasteiger partial charge in [0, 0.05) is 28.9 Å². The van der Waals surface area contributed by atoms with Crippen molar-refractivity contribution in [2.75, 3.05) is 13.7 Å². The Morgan fingerprint density at radius 2 is 2.07 bits per heavy atom. The maximum Gasteiger partial charge on any atom is 0.321 e. The minimum Gasteiger partial charge on any atom is -0.480 e. The summed E-state index contributed by atoms with van der Waals surface area (Å²) >= 11 is 0. The van der Waals surface area contributed by atoms with Crippen LogP contribution in [0.1, 0.15) is 37.1 Å². The highest BCUT2D eigenvalue weighted by Gasteiger charge is 2.50. The number of ether oxygens (including phenoxy) is 1. The summed E-state index contributed by atoms with van der Waals surface area (Å²) in [6.07, 6.45) is 1.05. The van der Waals surface area contributed by atoms with Crippen molar-refractivity contribution in [3.8, 4) is 0 Å². The molecular formula is C21H24N2O5. The number of H-pyrrole nitrogens is 1. The Balaban J connectivity index is 1.85. The van der Waals surface area contributed by atoms with Gasteiger partial charge in [-0.25, -0.2) is 0 Å². The van der Waals surface area contributed by atoms with Gasteiger partial charge in [-0.15, -0.1) is 0 Å². The fraction of sp³-hybridized carbons (Fsp3) is 0.476. The Hall–Kier alpha value is -2.67. The van der Waals surface area contributed by atoms with Crippen LogP contribution in [-0.2, 0) is 25.5 Å². The van der Waals surface area contributed by atoms with Crippen molar-refractivity contribution in [3.05, 3.63) is 35.5 Å². The number of carbonyl (C=O) groups excluding carboxylic acids is 2. The van der Waals surface area contributed by atoms with Crippen molar-refractivity contribution in [3.63, 3.8) is 0 Å². The van der Waals surface area contributed by atoms with Gasteiger partial charge in [0.25, 0.3) is 0 Å². The van der Waals surface area contributed by atoms with E-state index in [9.17, 15) is 19.5 Å². The summed E-state index contributed by atoms with van der Waals surface area (Å²) in [5.41, 5.74) is 2.96. The number of nitrogens with one attached hydrogen (secondary N) is 1. The number of rotatable bonds is 4. The first-order chi connectivity index (χ1) is 13.5. The molecule has 0 aliphatic carbocycles. The van der Waals surface area contributed by atoms with Gasteiger partial charge in [-0.2, -0.15) is 0 Å². The van der Waals surface area contributed by atoms with Crippen molar-refractivity contribution >= 4 is 28.6 Å². The molecule has 0 unspecified atom stereocenters. The van der Waals surface area contributed by atoms with Crippen molar-refractivity contribution in [2.24, 2.45) is 11.8 Å². The van der Waals surface area contributed by atoms with Crippen LogP contribution in [0, 0.1) is 11.8 Å². The third-order valence-corrected chi connectivity index (χ3v) is 6.34. The fourth-order valence-corrected chi connectivity index (χ4v) is 5.05. The van der Waals surface area contributed by atoms with Crippen LogP contribution in [0.2, 0.25) is 0 Å². The average Bonchev–Trinajstić information content (AvgIpc) is 3.06. The second-order valence-corrected chi connectivity index (χ2v) is 7.66. The lowest BCUT2D eigenvalue weighted by Gasteiger charge is -2.49. The molecule has 0 amide bonds. The SMILES string of the molecule is CC[C@@H]1[C@@H](CC(=O)OC)C(=O)CN2[C@H](C(=O)O)Cc3c([nH]c4ccccc34)[C@@H]12. The normalized spacial score (nSPS) is 27.3. The van der Waals surface area contributed by atoms with Gasteiger partial charge in [-0.3, -0.25) is 19.3 Å². The summed E-state index contributed by atoms with van der Waals surface area (Å²) in [7, 11) is 1.32. The Bertz CT molecular complexity index is 949. The van der Waals surface area contributed by atoms with Crippen LogP contribution in [-0.4, -0.2) is 52.4 Å². The molecule has 3 heterocycles. The zero-order valence-electron chi connectivity index (χ0n) is 16.0. The van der Waals surface area contributed by atoms with Crippen LogP contribution >= 0.6 is 0 Å². The summed E-state index contributed by atoms with van der Waals surface area (Å²) in [4.78, 5) is 42.1. The number of aromatic nitrogens is 1. The van der Waals surface area contributed by atoms with Crippen molar-refractivity contribution in [2.45, 2.75) is 38.3 Å². The Kier molecular flexibility index (Phi) is 4.71. The molecule has 2 N–H and O–H groups in total. The number of nitrogens with zero attached hydrogens (tertiary/aromatic N) is 1. The molecule has 4 rings (SSSR count). The molecule has 2 aromatic rings. The van der Waals surface area contributed by atoms with E-state index in [-0.39, 0.29) is 30.7 Å². The molecule has 1 aromatic heterocycles. The van der Waals surface area contributed by atoms with E-state index in [0.717, 1.165) is 22.2 Å².